The van der Waals surface area contributed by atoms with Gasteiger partial charge in [-0.15, -0.1) is 5.10 Å². The van der Waals surface area contributed by atoms with Gasteiger partial charge in [-0.2, -0.15) is 13.2 Å². The number of carbonyl (C=O) groups excluding carboxylic acids is 1. The van der Waals surface area contributed by atoms with Gasteiger partial charge in [-0.05, 0) is 38.1 Å². The minimum Gasteiger partial charge on any atom is -0.403 e. The molecule has 1 aromatic carbocycles. The number of halogens is 4. The van der Waals surface area contributed by atoms with E-state index in [0.29, 0.717) is 10.6 Å². The van der Waals surface area contributed by atoms with Crippen LogP contribution in [0.3, 0.4) is 0 Å². The summed E-state index contributed by atoms with van der Waals surface area (Å²) in [6.07, 6.45) is -5.03. The topological polar surface area (TPSA) is 80.5 Å². The van der Waals surface area contributed by atoms with Gasteiger partial charge in [0.15, 0.2) is 0 Å². The lowest BCUT2D eigenvalue weighted by atomic mass is 10.00. The van der Waals surface area contributed by atoms with E-state index in [0.717, 1.165) is 0 Å². The normalized spacial score (nSPS) is 20.6. The molecule has 28 heavy (non-hydrogen) atoms. The van der Waals surface area contributed by atoms with Crippen molar-refractivity contribution in [1.82, 2.24) is 15.1 Å². The first-order chi connectivity index (χ1) is 13.1. The number of nitrogens with zero attached hydrogens (tertiary/aromatic N) is 3. The Labute approximate surface area is 163 Å². The van der Waals surface area contributed by atoms with E-state index in [4.69, 9.17) is 20.8 Å². The first-order valence-corrected chi connectivity index (χ1v) is 8.86. The van der Waals surface area contributed by atoms with Crippen LogP contribution in [0.15, 0.2) is 28.7 Å². The highest BCUT2D eigenvalue weighted by molar-refractivity contribution is 6.30. The molecule has 1 saturated heterocycles. The van der Waals surface area contributed by atoms with E-state index in [-0.39, 0.29) is 24.4 Å². The van der Waals surface area contributed by atoms with E-state index in [1.54, 1.807) is 38.1 Å². The fourth-order valence-electron chi connectivity index (χ4n) is 2.75. The van der Waals surface area contributed by atoms with Crippen LogP contribution in [0.5, 0.6) is 0 Å². The molecule has 0 unspecified atom stereocenters. The Morgan fingerprint density at radius 3 is 2.68 bits per heavy atom. The second-order valence-electron chi connectivity index (χ2n) is 6.48. The van der Waals surface area contributed by atoms with Crippen LogP contribution in [0.4, 0.5) is 19.2 Å². The van der Waals surface area contributed by atoms with E-state index < -0.39 is 31.0 Å². The summed E-state index contributed by atoms with van der Waals surface area (Å²) in [6, 6.07) is 5.71. The molecule has 0 radical (unpaired) electrons. The van der Waals surface area contributed by atoms with Crippen LogP contribution in [0, 0.1) is 0 Å². The average Bonchev–Trinajstić information content (AvgIpc) is 3.08. The maximum absolute atomic E-state index is 12.5. The largest absolute Gasteiger partial charge is 0.411 e. The molecule has 0 spiro atoms. The van der Waals surface area contributed by atoms with E-state index in [9.17, 15) is 18.0 Å². The molecule has 1 aliphatic heterocycles. The van der Waals surface area contributed by atoms with E-state index in [1.165, 1.54) is 4.90 Å². The van der Waals surface area contributed by atoms with E-state index in [2.05, 4.69) is 15.5 Å². The van der Waals surface area contributed by atoms with Crippen LogP contribution in [-0.2, 0) is 9.53 Å². The summed E-state index contributed by atoms with van der Waals surface area (Å²) in [5.74, 6) is -0.0395. The number of alkyl halides is 3. The van der Waals surface area contributed by atoms with Crippen LogP contribution in [0.25, 0.3) is 11.5 Å². The molecule has 3 rings (SSSR count). The van der Waals surface area contributed by atoms with E-state index in [1.807, 2.05) is 0 Å². The Bertz CT molecular complexity index is 828. The molecule has 3 atom stereocenters. The lowest BCUT2D eigenvalue weighted by molar-refractivity contribution is -0.209. The Morgan fingerprint density at radius 1 is 1.39 bits per heavy atom. The number of nitrogens with one attached hydrogen (secondary N) is 1. The van der Waals surface area contributed by atoms with Crippen molar-refractivity contribution in [2.24, 2.45) is 0 Å². The third-order valence-electron chi connectivity index (χ3n) is 4.38. The van der Waals surface area contributed by atoms with Gasteiger partial charge < -0.3 is 19.4 Å². The Hall–Kier alpha value is -2.33. The molecule has 1 aliphatic rings. The second-order valence-corrected chi connectivity index (χ2v) is 6.92. The summed E-state index contributed by atoms with van der Waals surface area (Å²) in [4.78, 5) is 13.9. The smallest absolute Gasteiger partial charge is 0.403 e. The van der Waals surface area contributed by atoms with Crippen LogP contribution < -0.4 is 5.32 Å². The summed E-state index contributed by atoms with van der Waals surface area (Å²) >= 11 is 5.84. The fourth-order valence-corrected chi connectivity index (χ4v) is 2.87. The van der Waals surface area contributed by atoms with E-state index >= 15 is 0 Å². The molecule has 0 aliphatic carbocycles. The molecule has 1 amide bonds. The zero-order valence-corrected chi connectivity index (χ0v) is 15.8. The standard InChI is InChI=1S/C17H18ClF3N4O3/c1-9(15(26)25-7-13(10(25)2)27-8-17(19,20)21)22-16-24-23-14(28-16)11-3-5-12(18)6-4-11/h3-6,9-10,13H,7-8H2,1-2H3,(H,22,24)/t9-,10+,13-/m1/s1. The van der Waals surface area contributed by atoms with Gasteiger partial charge in [0.25, 0.3) is 0 Å². The lowest BCUT2D eigenvalue weighted by Gasteiger charge is -2.46. The Kier molecular flexibility index (Phi) is 5.80. The third kappa shape index (κ3) is 4.74. The van der Waals surface area contributed by atoms with Gasteiger partial charge in [-0.1, -0.05) is 16.7 Å². The monoisotopic (exact) mass is 418 g/mol. The number of benzene rings is 1. The highest BCUT2D eigenvalue weighted by atomic mass is 35.5. The molecule has 1 N–H and O–H groups in total. The van der Waals surface area contributed by atoms with Gasteiger partial charge in [0.05, 0.1) is 12.1 Å². The summed E-state index contributed by atoms with van der Waals surface area (Å²) in [5, 5.41) is 11.1. The molecule has 2 heterocycles. The molecule has 7 nitrogen and oxygen atoms in total. The van der Waals surface area contributed by atoms with Crippen molar-refractivity contribution in [3.05, 3.63) is 29.3 Å². The number of anilines is 1. The molecule has 2 aromatic rings. The predicted octanol–water partition coefficient (Wildman–Crippen LogP) is 3.37. The minimum atomic E-state index is -4.39. The maximum Gasteiger partial charge on any atom is 0.411 e. The summed E-state index contributed by atoms with van der Waals surface area (Å²) in [6.45, 7) is 2.01. The van der Waals surface area contributed by atoms with Gasteiger partial charge in [-0.25, -0.2) is 0 Å². The number of amides is 1. The summed E-state index contributed by atoms with van der Waals surface area (Å²) < 4.78 is 47.0. The van der Waals surface area contributed by atoms with Crippen molar-refractivity contribution in [3.8, 4) is 11.5 Å². The van der Waals surface area contributed by atoms with Crippen LogP contribution >= 0.6 is 11.6 Å². The molecule has 0 saturated carbocycles. The Balaban J connectivity index is 1.53. The average molecular weight is 419 g/mol. The minimum absolute atomic E-state index is 0.0591. The zero-order chi connectivity index (χ0) is 20.5. The van der Waals surface area contributed by atoms with Crippen LogP contribution in [0.1, 0.15) is 13.8 Å². The second kappa shape index (κ2) is 7.96. The number of carbonyl (C=O) groups is 1. The van der Waals surface area contributed by atoms with Crippen LogP contribution in [-0.4, -0.2) is 58.5 Å². The predicted molar refractivity (Wildman–Crippen MR) is 94.8 cm³/mol. The molecule has 1 fully saturated rings. The number of hydrogen-bond donors (Lipinski definition) is 1. The molecular formula is C17H18ClF3N4O3. The summed E-state index contributed by atoms with van der Waals surface area (Å²) in [5.41, 5.74) is 0.671. The van der Waals surface area contributed by atoms with Crippen molar-refractivity contribution in [3.63, 3.8) is 0 Å². The van der Waals surface area contributed by atoms with Gasteiger partial charge >= 0.3 is 12.2 Å². The molecular weight excluding hydrogens is 401 g/mol. The molecule has 152 valence electrons. The highest BCUT2D eigenvalue weighted by Gasteiger charge is 2.43. The first-order valence-electron chi connectivity index (χ1n) is 8.49. The maximum atomic E-state index is 12.5. The first kappa shape index (κ1) is 20.4. The highest BCUT2D eigenvalue weighted by Crippen LogP contribution is 2.26. The van der Waals surface area contributed by atoms with Crippen molar-refractivity contribution in [2.45, 2.75) is 38.2 Å². The number of likely N-dealkylation sites (tertiary alicyclic amines) is 1. The van der Waals surface area contributed by atoms with Crippen molar-refractivity contribution in [1.29, 1.82) is 0 Å². The Morgan fingerprint density at radius 2 is 2.07 bits per heavy atom. The number of ether oxygens (including phenoxy) is 1. The molecule has 1 aromatic heterocycles. The fraction of sp³-hybridized carbons (Fsp3) is 0.471. The van der Waals surface area contributed by atoms with Crippen molar-refractivity contribution in [2.75, 3.05) is 18.5 Å². The van der Waals surface area contributed by atoms with Crippen molar-refractivity contribution < 1.29 is 27.1 Å². The van der Waals surface area contributed by atoms with Gasteiger partial charge in [0, 0.05) is 17.1 Å². The SMILES string of the molecule is C[C@@H](Nc1nnc(-c2ccc(Cl)cc2)o1)C(=O)N1C[C@@H](OCC(F)(F)F)[C@@H]1C. The summed E-state index contributed by atoms with van der Waals surface area (Å²) in [7, 11) is 0. The number of aromatic nitrogens is 2. The lowest BCUT2D eigenvalue weighted by Crippen LogP contribution is -2.64. The van der Waals surface area contributed by atoms with Crippen LogP contribution in [0.2, 0.25) is 5.02 Å². The van der Waals surface area contributed by atoms with Gasteiger partial charge in [0.1, 0.15) is 12.6 Å². The van der Waals surface area contributed by atoms with Crippen molar-refractivity contribution >= 4 is 23.5 Å². The number of hydrogen-bond acceptors (Lipinski definition) is 6. The third-order valence-corrected chi connectivity index (χ3v) is 4.63. The number of rotatable bonds is 6. The van der Waals surface area contributed by atoms with Gasteiger partial charge in [0.2, 0.25) is 11.8 Å². The zero-order valence-electron chi connectivity index (χ0n) is 15.0. The van der Waals surface area contributed by atoms with Gasteiger partial charge in [-0.3, -0.25) is 4.79 Å². The molecule has 0 bridgehead atoms. The molecule has 11 heteroatoms. The quantitative estimate of drug-likeness (QED) is 0.774.